The molecule has 0 saturated carbocycles. The number of nitriles is 1. The molecule has 1 aliphatic heterocycles. The second-order valence-corrected chi connectivity index (χ2v) is 14.0. The van der Waals surface area contributed by atoms with Crippen LogP contribution in [0.15, 0.2) is 48.8 Å². The van der Waals surface area contributed by atoms with Gasteiger partial charge in [-0.2, -0.15) is 15.4 Å². The predicted molar refractivity (Wildman–Crippen MR) is 178 cm³/mol. The molecule has 3 N–H and O–H groups in total. The Morgan fingerprint density at radius 3 is 2.38 bits per heavy atom. The highest BCUT2D eigenvalue weighted by molar-refractivity contribution is 7.52. The van der Waals surface area contributed by atoms with Crippen LogP contribution in [0.4, 0.5) is 5.82 Å². The molecule has 50 heavy (non-hydrogen) atoms. The fraction of sp³-hybridized carbons (Fsp3) is 0.515. The van der Waals surface area contributed by atoms with Gasteiger partial charge in [0.05, 0.1) is 24.1 Å². The first-order chi connectivity index (χ1) is 23.7. The molecule has 4 rings (SSSR count). The van der Waals surface area contributed by atoms with E-state index in [0.29, 0.717) is 11.9 Å². The van der Waals surface area contributed by atoms with E-state index in [1.807, 2.05) is 13.0 Å². The molecule has 3 aromatic rings. The molecule has 270 valence electrons. The molecular weight excluding hydrogens is 671 g/mol. The van der Waals surface area contributed by atoms with E-state index >= 15 is 0 Å². The molecular formula is C33H43N6O10P. The summed E-state index contributed by atoms with van der Waals surface area (Å²) in [4.78, 5) is 43.0. The van der Waals surface area contributed by atoms with E-state index in [1.165, 1.54) is 29.9 Å². The molecule has 0 radical (unpaired) electrons. The normalized spacial score (nSPS) is 22.1. The summed E-state index contributed by atoms with van der Waals surface area (Å²) in [5.74, 6) is -3.13. The highest BCUT2D eigenvalue weighted by Crippen LogP contribution is 2.50. The number of benzene rings is 1. The minimum absolute atomic E-state index is 0.120. The molecule has 1 saturated heterocycles. The molecule has 1 aliphatic rings. The number of ether oxygens (including phenoxy) is 4. The van der Waals surface area contributed by atoms with Gasteiger partial charge < -0.3 is 29.2 Å². The third-order valence-electron chi connectivity index (χ3n) is 7.69. The van der Waals surface area contributed by atoms with Gasteiger partial charge in [0.15, 0.2) is 18.0 Å². The number of carbonyl (C=O) groups excluding carboxylic acids is 3. The number of aromatic nitrogens is 3. The average Bonchev–Trinajstić information content (AvgIpc) is 3.64. The van der Waals surface area contributed by atoms with Gasteiger partial charge in [-0.3, -0.25) is 18.9 Å². The number of esters is 3. The number of hydrogen-bond donors (Lipinski definition) is 2. The number of nitrogen functional groups attached to an aromatic ring is 1. The van der Waals surface area contributed by atoms with Crippen molar-refractivity contribution in [3.05, 3.63) is 54.5 Å². The van der Waals surface area contributed by atoms with Crippen LogP contribution in [-0.2, 0) is 42.4 Å². The van der Waals surface area contributed by atoms with Crippen LogP contribution in [0.1, 0.15) is 66.2 Å². The van der Waals surface area contributed by atoms with Crippen molar-refractivity contribution in [1.82, 2.24) is 19.7 Å². The highest BCUT2D eigenvalue weighted by Gasteiger charge is 2.62. The van der Waals surface area contributed by atoms with Gasteiger partial charge in [-0.05, 0) is 37.6 Å². The summed E-state index contributed by atoms with van der Waals surface area (Å²) in [6.07, 6.45) is -1.67. The number of fused-ring (bicyclic) bond motifs is 1. The number of anilines is 1. The fourth-order valence-electron chi connectivity index (χ4n) is 4.88. The van der Waals surface area contributed by atoms with E-state index in [1.54, 1.807) is 58.0 Å². The zero-order valence-corrected chi connectivity index (χ0v) is 29.7. The first-order valence-corrected chi connectivity index (χ1v) is 17.8. The minimum atomic E-state index is -4.54. The number of unbranched alkanes of at least 4 members (excludes halogenated alkanes) is 1. The monoisotopic (exact) mass is 714 g/mol. The third kappa shape index (κ3) is 8.78. The van der Waals surface area contributed by atoms with Crippen molar-refractivity contribution in [2.45, 2.75) is 84.3 Å². The molecule has 2 aromatic heterocycles. The number of para-hydroxylation sites is 1. The lowest BCUT2D eigenvalue weighted by molar-refractivity contribution is -0.173. The molecule has 1 aromatic carbocycles. The van der Waals surface area contributed by atoms with E-state index in [-0.39, 0.29) is 23.9 Å². The average molecular weight is 715 g/mol. The lowest BCUT2D eigenvalue weighted by Crippen LogP contribution is -2.50. The second kappa shape index (κ2) is 16.4. The molecule has 3 heterocycles. The Kier molecular flexibility index (Phi) is 12.6. The predicted octanol–water partition coefficient (Wildman–Crippen LogP) is 4.31. The van der Waals surface area contributed by atoms with Gasteiger partial charge in [-0.15, -0.1) is 0 Å². The molecule has 0 aliphatic carbocycles. The lowest BCUT2D eigenvalue weighted by atomic mass is 9.95. The topological polar surface area (TPSA) is 216 Å². The third-order valence-corrected chi connectivity index (χ3v) is 9.31. The van der Waals surface area contributed by atoms with Gasteiger partial charge in [0.2, 0.25) is 5.60 Å². The van der Waals surface area contributed by atoms with Gasteiger partial charge in [0.25, 0.3) is 0 Å². The van der Waals surface area contributed by atoms with Crippen molar-refractivity contribution in [3.8, 4) is 11.8 Å². The maximum absolute atomic E-state index is 14.4. The first kappa shape index (κ1) is 38.3. The van der Waals surface area contributed by atoms with Crippen LogP contribution < -0.4 is 15.3 Å². The maximum Gasteiger partial charge on any atom is 0.459 e. The van der Waals surface area contributed by atoms with Crippen molar-refractivity contribution in [3.63, 3.8) is 0 Å². The fourth-order valence-corrected chi connectivity index (χ4v) is 6.40. The Morgan fingerprint density at radius 2 is 1.74 bits per heavy atom. The van der Waals surface area contributed by atoms with Crippen LogP contribution in [0.2, 0.25) is 0 Å². The van der Waals surface area contributed by atoms with Crippen molar-refractivity contribution in [1.29, 1.82) is 5.26 Å². The summed E-state index contributed by atoms with van der Waals surface area (Å²) >= 11 is 0. The number of rotatable bonds is 16. The molecule has 16 nitrogen and oxygen atoms in total. The van der Waals surface area contributed by atoms with Crippen molar-refractivity contribution in [2.24, 2.45) is 11.8 Å². The van der Waals surface area contributed by atoms with Gasteiger partial charge in [0.1, 0.15) is 42.4 Å². The van der Waals surface area contributed by atoms with Crippen LogP contribution in [0.5, 0.6) is 5.75 Å². The van der Waals surface area contributed by atoms with Crippen molar-refractivity contribution < 1.29 is 46.9 Å². The van der Waals surface area contributed by atoms with E-state index < -0.39 is 74.1 Å². The Morgan fingerprint density at radius 1 is 1.06 bits per heavy atom. The largest absolute Gasteiger partial charge is 0.465 e. The molecule has 0 amide bonds. The Hall–Kier alpha value is -4.55. The second-order valence-electron chi connectivity index (χ2n) is 12.4. The number of nitrogens with one attached hydrogen (secondary N) is 1. The molecule has 17 heteroatoms. The quantitative estimate of drug-likeness (QED) is 0.0915. The standard InChI is InChI=1S/C33H43N6O10P/c1-7-8-16-44-32(42)22(6)38-50(43,49-23-12-10-9-11-13-23)45-18-33(17-34)28(47-31(41)21(4)5)27(46-30(40)20(2)3)26(48-33)24-14-15-25-29(35)36-19-37-39(24)25/h9-15,19-22,26-28H,7-8,16,18H2,1-6H3,(H,38,43)(H2,35,36,37)/t22?,26-,27-,28-,33+,50?/m0/s1. The zero-order chi connectivity index (χ0) is 36.6. The Bertz CT molecular complexity index is 1750. The summed E-state index contributed by atoms with van der Waals surface area (Å²) < 4.78 is 50.9. The number of carbonyl (C=O) groups is 3. The van der Waals surface area contributed by atoms with Gasteiger partial charge in [0, 0.05) is 0 Å². The van der Waals surface area contributed by atoms with Gasteiger partial charge in [-0.25, -0.2) is 14.1 Å². The smallest absolute Gasteiger partial charge is 0.459 e. The number of nitrogens with two attached hydrogens (primary N) is 1. The Labute approximate surface area is 290 Å². The van der Waals surface area contributed by atoms with E-state index in [9.17, 15) is 24.2 Å². The molecule has 0 spiro atoms. The zero-order valence-electron chi connectivity index (χ0n) is 28.8. The van der Waals surface area contributed by atoms with Gasteiger partial charge >= 0.3 is 25.7 Å². The Balaban J connectivity index is 1.77. The molecule has 0 bridgehead atoms. The molecule has 1 fully saturated rings. The SMILES string of the molecule is CCCCOC(=O)C(C)NP(=O)(OC[C@@]1(C#N)O[C@@H](c2ccc3c(N)ncnn23)[C@H](OC(=O)C(C)C)[C@@H]1OC(=O)C(C)C)Oc1ccccc1. The highest BCUT2D eigenvalue weighted by atomic mass is 31.2. The van der Waals surface area contributed by atoms with E-state index in [4.69, 9.17) is 33.7 Å². The number of hydrogen-bond acceptors (Lipinski definition) is 14. The van der Waals surface area contributed by atoms with Crippen LogP contribution in [0.3, 0.4) is 0 Å². The van der Waals surface area contributed by atoms with Crippen LogP contribution in [0, 0.1) is 23.2 Å². The summed E-state index contributed by atoms with van der Waals surface area (Å²) in [5.41, 5.74) is 4.49. The first-order valence-electron chi connectivity index (χ1n) is 16.3. The van der Waals surface area contributed by atoms with Crippen molar-refractivity contribution >= 4 is 37.0 Å². The summed E-state index contributed by atoms with van der Waals surface area (Å²) in [6.45, 7) is 9.06. The summed E-state index contributed by atoms with van der Waals surface area (Å²) in [7, 11) is -4.54. The number of nitrogens with zero attached hydrogens (tertiary/aromatic N) is 4. The van der Waals surface area contributed by atoms with Crippen molar-refractivity contribution in [2.75, 3.05) is 18.9 Å². The molecule has 6 atom stereocenters. The lowest BCUT2D eigenvalue weighted by Gasteiger charge is -2.31. The van der Waals surface area contributed by atoms with Crippen LogP contribution >= 0.6 is 7.75 Å². The van der Waals surface area contributed by atoms with E-state index in [0.717, 1.165) is 6.42 Å². The van der Waals surface area contributed by atoms with Crippen LogP contribution in [0.25, 0.3) is 5.52 Å². The maximum atomic E-state index is 14.4. The minimum Gasteiger partial charge on any atom is -0.465 e. The van der Waals surface area contributed by atoms with E-state index in [2.05, 4.69) is 15.2 Å². The summed E-state index contributed by atoms with van der Waals surface area (Å²) in [6, 6.07) is 12.1. The summed E-state index contributed by atoms with van der Waals surface area (Å²) in [5, 5.41) is 17.6. The molecule has 2 unspecified atom stereocenters. The van der Waals surface area contributed by atoms with Crippen LogP contribution in [-0.4, -0.2) is 69.6 Å². The van der Waals surface area contributed by atoms with Gasteiger partial charge in [-0.1, -0.05) is 59.2 Å².